The van der Waals surface area contributed by atoms with E-state index in [-0.39, 0.29) is 22.2 Å². The Kier molecular flexibility index (Phi) is 11.9. The van der Waals surface area contributed by atoms with Gasteiger partial charge in [0.1, 0.15) is 24.0 Å². The summed E-state index contributed by atoms with van der Waals surface area (Å²) in [5.74, 6) is 1.84. The summed E-state index contributed by atoms with van der Waals surface area (Å²) < 4.78 is 29.6. The zero-order valence-electron chi connectivity index (χ0n) is 50.6. The zero-order valence-corrected chi connectivity index (χ0v) is 48.6. The minimum Gasteiger partial charge on any atom is -0.457 e. The van der Waals surface area contributed by atoms with Crippen molar-refractivity contribution in [3.8, 4) is 39.6 Å². The minimum absolute atomic E-state index is 0.0328. The Balaban J connectivity index is 1.00. The van der Waals surface area contributed by atoms with Gasteiger partial charge in [-0.2, -0.15) is 0 Å². The van der Waals surface area contributed by atoms with Crippen LogP contribution in [0, 0.1) is 5.92 Å². The number of rotatable bonds is 8. The normalized spacial score (nSPS) is 13.5. The predicted molar refractivity (Wildman–Crippen MR) is 345 cm³/mol. The fourth-order valence-electron chi connectivity index (χ4n) is 12.3. The molecule has 0 radical (unpaired) electrons. The number of nitrogens with zero attached hydrogens (tertiary/aromatic N) is 4. The third-order valence-electron chi connectivity index (χ3n) is 16.4. The van der Waals surface area contributed by atoms with Gasteiger partial charge in [0, 0.05) is 53.9 Å². The third kappa shape index (κ3) is 9.37. The highest BCUT2D eigenvalue weighted by molar-refractivity contribution is 6.22. The van der Waals surface area contributed by atoms with Gasteiger partial charge in [0.05, 0.1) is 27.8 Å². The number of ether oxygens (including phenoxy) is 1. The van der Waals surface area contributed by atoms with E-state index in [1.165, 1.54) is 71.3 Å². The van der Waals surface area contributed by atoms with Crippen molar-refractivity contribution in [1.29, 1.82) is 0 Å². The van der Waals surface area contributed by atoms with Gasteiger partial charge in [-0.3, -0.25) is 4.57 Å². The first-order chi connectivity index (χ1) is 39.6. The lowest BCUT2D eigenvalue weighted by Gasteiger charge is -2.27. The highest BCUT2D eigenvalue weighted by Crippen LogP contribution is 2.47. The van der Waals surface area contributed by atoms with Gasteiger partial charge in [-0.1, -0.05) is 210 Å². The summed E-state index contributed by atoms with van der Waals surface area (Å²) in [6.07, 6.45) is 0.192. The van der Waals surface area contributed by atoms with E-state index >= 15 is 0 Å². The molecule has 0 aliphatic carbocycles. The second kappa shape index (κ2) is 19.6. The molecule has 402 valence electrons. The standard InChI is InChI=1S/C76H72N4O/c1-48(2)37-49-35-36-77-71(38-49)80-68-31-17-16-27-64(68)65-34-33-58(46-70(65)80)81-57-22-18-21-56(45-57)78-47-79-72-59(52-39-50(40-53(43-52)74(3,4)5)51-41-54(75(6,7)8)44-55(42-51)76(9,10)11)28-19-29-66(72)62-25-14-12-23-60(62)61-24-13-15-26-63(61)67-30-20-32-69(78)73(67)79/h12-36,38-46,48H,37,47H2,1-11H3/i37D2. The highest BCUT2D eigenvalue weighted by atomic mass is 16.5. The van der Waals surface area contributed by atoms with Gasteiger partial charge in [-0.05, 0) is 144 Å². The molecule has 0 saturated carbocycles. The van der Waals surface area contributed by atoms with Gasteiger partial charge in [-0.15, -0.1) is 0 Å². The van der Waals surface area contributed by atoms with Crippen LogP contribution in [0.5, 0.6) is 11.5 Å². The Bertz CT molecular complexity index is 4620. The van der Waals surface area contributed by atoms with Crippen molar-refractivity contribution in [2.24, 2.45) is 5.92 Å². The van der Waals surface area contributed by atoms with E-state index in [1.54, 1.807) is 12.3 Å². The summed E-state index contributed by atoms with van der Waals surface area (Å²) in [5.41, 5.74) is 15.5. The fourth-order valence-corrected chi connectivity index (χ4v) is 12.3. The number of fused-ring (bicyclic) bond motifs is 10. The minimum atomic E-state index is -1.53. The van der Waals surface area contributed by atoms with Crippen molar-refractivity contribution in [3.63, 3.8) is 0 Å². The van der Waals surface area contributed by atoms with Crippen LogP contribution in [0.4, 0.5) is 11.4 Å². The van der Waals surface area contributed by atoms with E-state index in [1.807, 2.05) is 38.1 Å². The number of hydrogen-bond acceptors (Lipinski definition) is 3. The van der Waals surface area contributed by atoms with Crippen LogP contribution in [0.3, 0.4) is 0 Å². The van der Waals surface area contributed by atoms with Gasteiger partial charge in [0.25, 0.3) is 0 Å². The molecule has 13 rings (SSSR count). The Morgan fingerprint density at radius 1 is 0.469 bits per heavy atom. The lowest BCUT2D eigenvalue weighted by atomic mass is 9.78. The van der Waals surface area contributed by atoms with Gasteiger partial charge >= 0.3 is 0 Å². The molecular weight excluding hydrogens is 985 g/mol. The van der Waals surface area contributed by atoms with Gasteiger partial charge in [-0.25, -0.2) is 4.98 Å². The lowest BCUT2D eigenvalue weighted by molar-refractivity contribution is 0.483. The van der Waals surface area contributed by atoms with E-state index in [9.17, 15) is 0 Å². The number of benzene rings is 9. The molecule has 0 amide bonds. The SMILES string of the molecule is [2H]C([2H])(c1ccnc(-n2c3ccccc3c3ccc(Oc4cccc(N5Cn6c7c(-c8cc(-c9cc(C(C)(C)C)cc(C(C)(C)C)c9)cc(C(C)(C)C)c8)cccc7c7ccccc7c7ccccc7c7cccc5c76)c4)cc32)c1)C(C)C. The number of pyridine rings is 1. The van der Waals surface area contributed by atoms with Crippen LogP contribution in [-0.4, -0.2) is 14.1 Å². The lowest BCUT2D eigenvalue weighted by Crippen LogP contribution is -2.16. The number of anilines is 2. The van der Waals surface area contributed by atoms with Crippen LogP contribution in [0.15, 0.2) is 206 Å². The van der Waals surface area contributed by atoms with Gasteiger partial charge in [0.2, 0.25) is 0 Å². The van der Waals surface area contributed by atoms with Crippen molar-refractivity contribution in [2.75, 3.05) is 4.90 Å². The molecule has 81 heavy (non-hydrogen) atoms. The fraction of sp³-hybridized carbons (Fsp3) is 0.224. The summed E-state index contributed by atoms with van der Waals surface area (Å²) in [6, 6.07) is 73.0. The molecule has 5 heteroatoms. The smallest absolute Gasteiger partial charge is 0.137 e. The van der Waals surface area contributed by atoms with E-state index in [2.05, 4.69) is 246 Å². The predicted octanol–water partition coefficient (Wildman–Crippen LogP) is 21.0. The molecule has 3 aromatic heterocycles. The molecule has 1 aliphatic heterocycles. The first-order valence-corrected chi connectivity index (χ1v) is 28.7. The Hall–Kier alpha value is -8.67. The first kappa shape index (κ1) is 49.4. The van der Waals surface area contributed by atoms with Gasteiger partial charge in [0.15, 0.2) is 0 Å². The molecule has 0 bridgehead atoms. The maximum absolute atomic E-state index is 8.95. The molecule has 12 aromatic rings. The summed E-state index contributed by atoms with van der Waals surface area (Å²) in [4.78, 5) is 7.28. The molecule has 0 saturated heterocycles. The summed E-state index contributed by atoms with van der Waals surface area (Å²) >= 11 is 0. The Morgan fingerprint density at radius 2 is 1.00 bits per heavy atom. The average Bonchev–Trinajstić information content (AvgIpc) is 2.25. The Labute approximate surface area is 480 Å². The van der Waals surface area contributed by atoms with Crippen LogP contribution >= 0.6 is 0 Å². The molecule has 0 fully saturated rings. The van der Waals surface area contributed by atoms with Crippen molar-refractivity contribution < 1.29 is 7.48 Å². The van der Waals surface area contributed by atoms with Crippen LogP contribution in [0.25, 0.3) is 93.2 Å². The quantitative estimate of drug-likeness (QED) is 0.152. The molecule has 0 atom stereocenters. The summed E-state index contributed by atoms with van der Waals surface area (Å²) in [6.45, 7) is 25.3. The second-order valence-electron chi connectivity index (χ2n) is 25.6. The van der Waals surface area contributed by atoms with Crippen LogP contribution in [-0.2, 0) is 29.3 Å². The van der Waals surface area contributed by atoms with E-state index in [0.29, 0.717) is 29.5 Å². The molecule has 0 spiro atoms. The summed E-state index contributed by atoms with van der Waals surface area (Å²) in [7, 11) is 0. The monoisotopic (exact) mass is 1060 g/mol. The van der Waals surface area contributed by atoms with Crippen LogP contribution < -0.4 is 9.64 Å². The maximum Gasteiger partial charge on any atom is 0.137 e. The molecule has 4 heterocycles. The molecule has 9 aromatic carbocycles. The van der Waals surface area contributed by atoms with Crippen LogP contribution in [0.1, 0.15) is 101 Å². The molecule has 0 unspecified atom stereocenters. The Morgan fingerprint density at radius 3 is 1.65 bits per heavy atom. The maximum atomic E-state index is 8.95. The number of hydrogen-bond donors (Lipinski definition) is 0. The summed E-state index contributed by atoms with van der Waals surface area (Å²) in [5, 5.41) is 9.28. The largest absolute Gasteiger partial charge is 0.457 e. The van der Waals surface area contributed by atoms with Crippen molar-refractivity contribution in [3.05, 3.63) is 229 Å². The number of para-hydroxylation sites is 3. The van der Waals surface area contributed by atoms with Gasteiger partial charge < -0.3 is 14.2 Å². The number of aromatic nitrogens is 3. The van der Waals surface area contributed by atoms with E-state index < -0.39 is 6.37 Å². The van der Waals surface area contributed by atoms with E-state index in [0.717, 1.165) is 44.2 Å². The van der Waals surface area contributed by atoms with Crippen molar-refractivity contribution >= 4 is 76.5 Å². The highest BCUT2D eigenvalue weighted by Gasteiger charge is 2.28. The molecule has 0 N–H and O–H groups in total. The first-order valence-electron chi connectivity index (χ1n) is 29.7. The molecular formula is C76H72N4O. The molecule has 1 aliphatic rings. The zero-order chi connectivity index (χ0) is 57.9. The topological polar surface area (TPSA) is 35.2 Å². The molecule has 5 nitrogen and oxygen atoms in total. The average molecular weight is 1060 g/mol. The van der Waals surface area contributed by atoms with E-state index in [4.69, 9.17) is 12.5 Å². The van der Waals surface area contributed by atoms with Crippen LogP contribution in [0.2, 0.25) is 0 Å². The second-order valence-corrected chi connectivity index (χ2v) is 25.6. The third-order valence-corrected chi connectivity index (χ3v) is 16.4. The van der Waals surface area contributed by atoms with Crippen molar-refractivity contribution in [2.45, 2.75) is 105 Å². The van der Waals surface area contributed by atoms with Crippen molar-refractivity contribution in [1.82, 2.24) is 14.1 Å².